The van der Waals surface area contributed by atoms with Crippen LogP contribution in [0.4, 0.5) is 5.95 Å². The molecule has 1 aromatic carbocycles. The molecule has 1 aromatic heterocycles. The van der Waals surface area contributed by atoms with Crippen molar-refractivity contribution >= 4 is 5.95 Å². The van der Waals surface area contributed by atoms with Gasteiger partial charge in [-0.05, 0) is 24.8 Å². The Balaban J connectivity index is 0.00000163. The lowest BCUT2D eigenvalue weighted by Gasteiger charge is -2.19. The maximum atomic E-state index is 6.12. The highest BCUT2D eigenvalue weighted by Gasteiger charge is 2.16. The number of nitrogens with zero attached hydrogens (tertiary/aromatic N) is 3. The molecule has 4 heteroatoms. The van der Waals surface area contributed by atoms with Gasteiger partial charge in [0.2, 0.25) is 5.95 Å². The number of hydrogen-bond donors (Lipinski definition) is 0. The molecule has 0 aliphatic carbocycles. The molecular weight excluding hydrogens is 322 g/mol. The predicted octanol–water partition coefficient (Wildman–Crippen LogP) is 5.43. The first-order chi connectivity index (χ1) is 12.5. The molecule has 2 rings (SSSR count). The smallest absolute Gasteiger partial charge is 0.225 e. The van der Waals surface area contributed by atoms with Crippen LogP contribution in [0.25, 0.3) is 0 Å². The van der Waals surface area contributed by atoms with Gasteiger partial charge in [-0.15, -0.1) is 0 Å². The first kappa shape index (κ1) is 21.9. The zero-order valence-electron chi connectivity index (χ0n) is 17.5. The summed E-state index contributed by atoms with van der Waals surface area (Å²) in [5.41, 5.74) is 3.08. The molecule has 26 heavy (non-hydrogen) atoms. The third kappa shape index (κ3) is 6.66. The Kier molecular flexibility index (Phi) is 9.71. The molecule has 4 nitrogen and oxygen atoms in total. The van der Waals surface area contributed by atoms with Gasteiger partial charge in [0.1, 0.15) is 6.61 Å². The van der Waals surface area contributed by atoms with Crippen molar-refractivity contribution in [2.24, 2.45) is 5.92 Å². The largest absolute Gasteiger partial charge is 0.485 e. The first-order valence-corrected chi connectivity index (χ1v) is 9.72. The van der Waals surface area contributed by atoms with Gasteiger partial charge >= 0.3 is 0 Å². The van der Waals surface area contributed by atoms with Gasteiger partial charge in [-0.3, -0.25) is 0 Å². The van der Waals surface area contributed by atoms with Crippen LogP contribution >= 0.6 is 0 Å². The molecule has 2 aromatic rings. The minimum atomic E-state index is 0.543. The summed E-state index contributed by atoms with van der Waals surface area (Å²) >= 11 is 0. The van der Waals surface area contributed by atoms with Gasteiger partial charge in [-0.2, -0.15) is 0 Å². The normalized spacial score (nSPS) is 11.3. The second-order valence-electron chi connectivity index (χ2n) is 6.65. The van der Waals surface area contributed by atoms with Crippen LogP contribution in [-0.2, 0) is 13.0 Å². The molecule has 0 amide bonds. The number of aromatic nitrogens is 2. The van der Waals surface area contributed by atoms with E-state index in [-0.39, 0.29) is 0 Å². The number of anilines is 1. The summed E-state index contributed by atoms with van der Waals surface area (Å²) in [6.07, 6.45) is 3.30. The lowest BCUT2D eigenvalue weighted by molar-refractivity contribution is 0.295. The lowest BCUT2D eigenvalue weighted by Crippen LogP contribution is -2.16. The average molecular weight is 358 g/mol. The highest BCUT2D eigenvalue weighted by atomic mass is 16.5. The van der Waals surface area contributed by atoms with E-state index in [9.17, 15) is 0 Å². The van der Waals surface area contributed by atoms with Crippen molar-refractivity contribution in [1.82, 2.24) is 9.97 Å². The third-order valence-corrected chi connectivity index (χ3v) is 4.04. The van der Waals surface area contributed by atoms with E-state index in [0.29, 0.717) is 12.5 Å². The summed E-state index contributed by atoms with van der Waals surface area (Å²) in [5.74, 6) is 2.17. The Hall–Kier alpha value is -2.10. The molecule has 1 unspecified atom stereocenters. The van der Waals surface area contributed by atoms with Crippen molar-refractivity contribution in [3.8, 4) is 5.75 Å². The van der Waals surface area contributed by atoms with Crippen molar-refractivity contribution in [2.45, 2.75) is 60.5 Å². The van der Waals surface area contributed by atoms with Crippen LogP contribution in [0.5, 0.6) is 5.75 Å². The fourth-order valence-electron chi connectivity index (χ4n) is 2.79. The van der Waals surface area contributed by atoms with Gasteiger partial charge in [-0.25, -0.2) is 9.97 Å². The van der Waals surface area contributed by atoms with E-state index in [1.165, 1.54) is 12.8 Å². The van der Waals surface area contributed by atoms with Gasteiger partial charge in [0.25, 0.3) is 0 Å². The van der Waals surface area contributed by atoms with Crippen LogP contribution in [0.1, 0.15) is 57.5 Å². The zero-order valence-corrected chi connectivity index (χ0v) is 17.5. The molecule has 0 N–H and O–H groups in total. The van der Waals surface area contributed by atoms with Crippen LogP contribution in [0.2, 0.25) is 0 Å². The second kappa shape index (κ2) is 11.5. The number of benzene rings is 1. The standard InChI is InChI=1S/C20H29N3O.C2H6/c1-6-10-15(2)13-18-19(16(3)21-20(22-18)23(4)5)24-14-17-11-8-7-9-12-17;1-2/h7-9,11-12,15H,6,10,13-14H2,1-5H3;1-2H3. The quantitative estimate of drug-likeness (QED) is 0.631. The Bertz CT molecular complexity index is 641. The van der Waals surface area contributed by atoms with Crippen molar-refractivity contribution in [3.05, 3.63) is 47.3 Å². The maximum Gasteiger partial charge on any atom is 0.225 e. The van der Waals surface area contributed by atoms with Crippen LogP contribution in [0.15, 0.2) is 30.3 Å². The Morgan fingerprint density at radius 3 is 2.31 bits per heavy atom. The molecule has 0 bridgehead atoms. The number of rotatable bonds is 8. The molecule has 1 heterocycles. The fraction of sp³-hybridized carbons (Fsp3) is 0.545. The molecule has 144 valence electrons. The van der Waals surface area contributed by atoms with Gasteiger partial charge in [0.05, 0.1) is 11.4 Å². The zero-order chi connectivity index (χ0) is 19.5. The van der Waals surface area contributed by atoms with Crippen LogP contribution in [0.3, 0.4) is 0 Å². The number of aryl methyl sites for hydroxylation is 1. The number of hydrogen-bond acceptors (Lipinski definition) is 4. The predicted molar refractivity (Wildman–Crippen MR) is 111 cm³/mol. The summed E-state index contributed by atoms with van der Waals surface area (Å²) < 4.78 is 6.12. The molecule has 0 aliphatic heterocycles. The van der Waals surface area contributed by atoms with Crippen molar-refractivity contribution in [3.63, 3.8) is 0 Å². The number of ether oxygens (including phenoxy) is 1. The molecule has 0 radical (unpaired) electrons. The van der Waals surface area contributed by atoms with E-state index in [0.717, 1.165) is 35.1 Å². The molecule has 0 fully saturated rings. The average Bonchev–Trinajstić information content (AvgIpc) is 2.63. The Labute approximate surface area is 159 Å². The summed E-state index contributed by atoms with van der Waals surface area (Å²) in [4.78, 5) is 11.3. The highest BCUT2D eigenvalue weighted by molar-refractivity contribution is 5.40. The van der Waals surface area contributed by atoms with Gasteiger partial charge in [0.15, 0.2) is 5.75 Å². The van der Waals surface area contributed by atoms with Crippen molar-refractivity contribution in [2.75, 3.05) is 19.0 Å². The topological polar surface area (TPSA) is 38.2 Å². The minimum absolute atomic E-state index is 0.543. The van der Waals surface area contributed by atoms with E-state index in [1.807, 2.05) is 58.0 Å². The van der Waals surface area contributed by atoms with Crippen LogP contribution < -0.4 is 9.64 Å². The summed E-state index contributed by atoms with van der Waals surface area (Å²) in [5, 5.41) is 0. The molecule has 0 saturated heterocycles. The van der Waals surface area contributed by atoms with Gasteiger partial charge in [0, 0.05) is 14.1 Å². The summed E-state index contributed by atoms with van der Waals surface area (Å²) in [7, 11) is 3.94. The van der Waals surface area contributed by atoms with Crippen molar-refractivity contribution < 1.29 is 4.74 Å². The molecule has 0 saturated carbocycles. The molecule has 1 atom stereocenters. The first-order valence-electron chi connectivity index (χ1n) is 9.72. The second-order valence-corrected chi connectivity index (χ2v) is 6.65. The maximum absolute atomic E-state index is 6.12. The fourth-order valence-corrected chi connectivity index (χ4v) is 2.79. The monoisotopic (exact) mass is 357 g/mol. The van der Waals surface area contributed by atoms with Gasteiger partial charge in [-0.1, -0.05) is 70.9 Å². The van der Waals surface area contributed by atoms with E-state index in [1.54, 1.807) is 0 Å². The van der Waals surface area contributed by atoms with E-state index >= 15 is 0 Å². The minimum Gasteiger partial charge on any atom is -0.485 e. The molecular formula is C22H35N3O. The summed E-state index contributed by atoms with van der Waals surface area (Å²) in [6.45, 7) is 11.0. The SMILES string of the molecule is CC.CCCC(C)Cc1nc(N(C)C)nc(C)c1OCc1ccccc1. The molecule has 0 aliphatic rings. The van der Waals surface area contributed by atoms with Gasteiger partial charge < -0.3 is 9.64 Å². The van der Waals surface area contributed by atoms with E-state index in [2.05, 4.69) is 31.0 Å². The van der Waals surface area contributed by atoms with E-state index in [4.69, 9.17) is 9.72 Å². The third-order valence-electron chi connectivity index (χ3n) is 4.04. The Morgan fingerprint density at radius 2 is 1.73 bits per heavy atom. The van der Waals surface area contributed by atoms with Crippen LogP contribution in [-0.4, -0.2) is 24.1 Å². The highest BCUT2D eigenvalue weighted by Crippen LogP contribution is 2.27. The van der Waals surface area contributed by atoms with Crippen molar-refractivity contribution in [1.29, 1.82) is 0 Å². The lowest BCUT2D eigenvalue weighted by atomic mass is 9.99. The molecule has 0 spiro atoms. The van der Waals surface area contributed by atoms with Crippen LogP contribution in [0, 0.1) is 12.8 Å². The Morgan fingerprint density at radius 1 is 1.08 bits per heavy atom. The summed E-state index contributed by atoms with van der Waals surface area (Å²) in [6, 6.07) is 10.2. The van der Waals surface area contributed by atoms with E-state index < -0.39 is 0 Å².